The molecule has 0 aliphatic carbocycles. The van der Waals surface area contributed by atoms with Gasteiger partial charge >= 0.3 is 0 Å². The second-order valence-electron chi connectivity index (χ2n) is 5.45. The lowest BCUT2D eigenvalue weighted by molar-refractivity contribution is -0.123. The van der Waals surface area contributed by atoms with E-state index >= 15 is 0 Å². The van der Waals surface area contributed by atoms with E-state index in [4.69, 9.17) is 4.74 Å². The van der Waals surface area contributed by atoms with E-state index in [0.29, 0.717) is 6.54 Å². The molecule has 0 fully saturated rings. The van der Waals surface area contributed by atoms with Crippen LogP contribution in [0, 0.1) is 0 Å². The van der Waals surface area contributed by atoms with Gasteiger partial charge in [0, 0.05) is 26.3 Å². The fourth-order valence-corrected chi connectivity index (χ4v) is 2.57. The van der Waals surface area contributed by atoms with Gasteiger partial charge in [0.15, 0.2) is 0 Å². The number of hydrogen-bond acceptors (Lipinski definition) is 3. The molecule has 0 spiro atoms. The Kier molecular flexibility index (Phi) is 6.70. The molecule has 21 heavy (non-hydrogen) atoms. The minimum Gasteiger partial charge on any atom is -0.381 e. The van der Waals surface area contributed by atoms with E-state index < -0.39 is 0 Å². The molecule has 2 rings (SSSR count). The predicted molar refractivity (Wildman–Crippen MR) is 84.2 cm³/mol. The number of unbranched alkanes of at least 4 members (excludes halogenated alkanes) is 1. The van der Waals surface area contributed by atoms with Crippen LogP contribution in [0.25, 0.3) is 0 Å². The molecule has 0 saturated heterocycles. The van der Waals surface area contributed by atoms with E-state index in [-0.39, 0.29) is 11.9 Å². The van der Waals surface area contributed by atoms with Gasteiger partial charge in [-0.2, -0.15) is 0 Å². The van der Waals surface area contributed by atoms with Gasteiger partial charge in [-0.05, 0) is 30.4 Å². The molecule has 1 unspecified atom stereocenters. The van der Waals surface area contributed by atoms with Crippen LogP contribution >= 0.6 is 0 Å². The second kappa shape index (κ2) is 8.80. The molecule has 1 aromatic carbocycles. The molecule has 1 amide bonds. The number of amides is 1. The van der Waals surface area contributed by atoms with Crippen LogP contribution in [0.1, 0.15) is 43.4 Å². The lowest BCUT2D eigenvalue weighted by atomic mass is 9.94. The highest BCUT2D eigenvalue weighted by Gasteiger charge is 2.25. The molecule has 0 saturated carbocycles. The molecule has 4 heteroatoms. The minimum absolute atomic E-state index is 0.0655. The molecule has 0 radical (unpaired) electrons. The van der Waals surface area contributed by atoms with E-state index in [0.717, 1.165) is 51.0 Å². The highest BCUT2D eigenvalue weighted by Crippen LogP contribution is 2.22. The van der Waals surface area contributed by atoms with Crippen molar-refractivity contribution in [2.75, 3.05) is 26.3 Å². The number of fused-ring (bicyclic) bond motifs is 1. The molecule has 1 aliphatic heterocycles. The van der Waals surface area contributed by atoms with Crippen molar-refractivity contribution in [1.82, 2.24) is 10.6 Å². The standard InChI is InChI=1S/C17H26N2O2/c1-2-3-12-21-13-6-10-19-17(20)16-15-8-5-4-7-14(15)9-11-18-16/h4-5,7-8,16,18H,2-3,6,9-13H2,1H3,(H,19,20). The molecule has 116 valence electrons. The van der Waals surface area contributed by atoms with Crippen molar-refractivity contribution in [2.24, 2.45) is 0 Å². The van der Waals surface area contributed by atoms with Crippen LogP contribution in [-0.4, -0.2) is 32.2 Å². The summed E-state index contributed by atoms with van der Waals surface area (Å²) in [7, 11) is 0. The third-order valence-electron chi connectivity index (χ3n) is 3.78. The van der Waals surface area contributed by atoms with Crippen LogP contribution in [-0.2, 0) is 16.0 Å². The van der Waals surface area contributed by atoms with Crippen molar-refractivity contribution < 1.29 is 9.53 Å². The van der Waals surface area contributed by atoms with E-state index in [2.05, 4.69) is 23.6 Å². The molecule has 4 nitrogen and oxygen atoms in total. The van der Waals surface area contributed by atoms with Gasteiger partial charge in [0.1, 0.15) is 6.04 Å². The quantitative estimate of drug-likeness (QED) is 0.722. The normalized spacial score (nSPS) is 17.3. The summed E-state index contributed by atoms with van der Waals surface area (Å²) in [6.45, 7) is 5.22. The fraction of sp³-hybridized carbons (Fsp3) is 0.588. The first kappa shape index (κ1) is 16.0. The number of nitrogens with one attached hydrogen (secondary N) is 2. The summed E-state index contributed by atoms with van der Waals surface area (Å²) in [6.07, 6.45) is 4.12. The summed E-state index contributed by atoms with van der Waals surface area (Å²) in [5.41, 5.74) is 2.39. The van der Waals surface area contributed by atoms with Gasteiger partial charge in [0.25, 0.3) is 0 Å². The first-order chi connectivity index (χ1) is 10.3. The van der Waals surface area contributed by atoms with Gasteiger partial charge in [0.05, 0.1) is 0 Å². The Morgan fingerprint density at radius 2 is 2.14 bits per heavy atom. The van der Waals surface area contributed by atoms with Crippen LogP contribution < -0.4 is 10.6 Å². The predicted octanol–water partition coefficient (Wildman–Crippen LogP) is 2.20. The SMILES string of the molecule is CCCCOCCCNC(=O)C1NCCc2ccccc21. The maximum atomic E-state index is 12.3. The van der Waals surface area contributed by atoms with E-state index in [1.807, 2.05) is 18.2 Å². The van der Waals surface area contributed by atoms with E-state index in [1.54, 1.807) is 0 Å². The van der Waals surface area contributed by atoms with Gasteiger partial charge in [0.2, 0.25) is 5.91 Å². The lowest BCUT2D eigenvalue weighted by Gasteiger charge is -2.26. The number of hydrogen-bond donors (Lipinski definition) is 2. The number of ether oxygens (including phenoxy) is 1. The summed E-state index contributed by atoms with van der Waals surface area (Å²) in [5.74, 6) is 0.0655. The Balaban J connectivity index is 1.72. The van der Waals surface area contributed by atoms with Crippen LogP contribution in [0.15, 0.2) is 24.3 Å². The molecule has 0 aromatic heterocycles. The first-order valence-electron chi connectivity index (χ1n) is 7.99. The van der Waals surface area contributed by atoms with Crippen molar-refractivity contribution >= 4 is 5.91 Å². The van der Waals surface area contributed by atoms with Crippen LogP contribution in [0.3, 0.4) is 0 Å². The number of carbonyl (C=O) groups excluding carboxylic acids is 1. The van der Waals surface area contributed by atoms with Crippen molar-refractivity contribution in [3.63, 3.8) is 0 Å². The van der Waals surface area contributed by atoms with Gasteiger partial charge < -0.3 is 15.4 Å². The maximum absolute atomic E-state index is 12.3. The fourth-order valence-electron chi connectivity index (χ4n) is 2.57. The lowest BCUT2D eigenvalue weighted by Crippen LogP contribution is -2.41. The highest BCUT2D eigenvalue weighted by atomic mass is 16.5. The highest BCUT2D eigenvalue weighted by molar-refractivity contribution is 5.83. The Hall–Kier alpha value is -1.39. The summed E-state index contributed by atoms with van der Waals surface area (Å²) >= 11 is 0. The van der Waals surface area contributed by atoms with Crippen molar-refractivity contribution in [1.29, 1.82) is 0 Å². The largest absolute Gasteiger partial charge is 0.381 e. The number of benzene rings is 1. The zero-order valence-electron chi connectivity index (χ0n) is 12.9. The Morgan fingerprint density at radius 3 is 3.00 bits per heavy atom. The average Bonchev–Trinajstić information content (AvgIpc) is 2.53. The molecular formula is C17H26N2O2. The van der Waals surface area contributed by atoms with Crippen molar-refractivity contribution in [3.05, 3.63) is 35.4 Å². The minimum atomic E-state index is -0.212. The zero-order valence-corrected chi connectivity index (χ0v) is 12.9. The number of carbonyl (C=O) groups is 1. The summed E-state index contributed by atoms with van der Waals surface area (Å²) in [6, 6.07) is 7.97. The van der Waals surface area contributed by atoms with E-state index in [1.165, 1.54) is 5.56 Å². The molecule has 1 aliphatic rings. The molecule has 0 bridgehead atoms. The van der Waals surface area contributed by atoms with Gasteiger partial charge in [-0.3, -0.25) is 4.79 Å². The average molecular weight is 290 g/mol. The van der Waals surface area contributed by atoms with E-state index in [9.17, 15) is 4.79 Å². The monoisotopic (exact) mass is 290 g/mol. The van der Waals surface area contributed by atoms with Gasteiger partial charge in [-0.25, -0.2) is 0 Å². The Morgan fingerprint density at radius 1 is 1.33 bits per heavy atom. The zero-order chi connectivity index (χ0) is 14.9. The first-order valence-corrected chi connectivity index (χ1v) is 7.99. The summed E-state index contributed by atoms with van der Waals surface area (Å²) in [5, 5.41) is 6.30. The Labute approximate surface area is 127 Å². The van der Waals surface area contributed by atoms with Crippen molar-refractivity contribution in [2.45, 2.75) is 38.6 Å². The van der Waals surface area contributed by atoms with Gasteiger partial charge in [-0.1, -0.05) is 37.6 Å². The molecule has 1 heterocycles. The topological polar surface area (TPSA) is 50.4 Å². The molecule has 2 N–H and O–H groups in total. The van der Waals surface area contributed by atoms with Crippen molar-refractivity contribution in [3.8, 4) is 0 Å². The smallest absolute Gasteiger partial charge is 0.241 e. The molecule has 1 aromatic rings. The van der Waals surface area contributed by atoms with Crippen LogP contribution in [0.4, 0.5) is 0 Å². The third-order valence-corrected chi connectivity index (χ3v) is 3.78. The van der Waals surface area contributed by atoms with Crippen LogP contribution in [0.2, 0.25) is 0 Å². The van der Waals surface area contributed by atoms with Crippen LogP contribution in [0.5, 0.6) is 0 Å². The number of rotatable bonds is 8. The maximum Gasteiger partial charge on any atom is 0.241 e. The Bertz CT molecular complexity index is 448. The summed E-state index contributed by atoms with van der Waals surface area (Å²) in [4.78, 5) is 12.3. The summed E-state index contributed by atoms with van der Waals surface area (Å²) < 4.78 is 5.49. The third kappa shape index (κ3) is 4.83. The molecule has 1 atom stereocenters. The van der Waals surface area contributed by atoms with Gasteiger partial charge in [-0.15, -0.1) is 0 Å². The molecular weight excluding hydrogens is 264 g/mol. The second-order valence-corrected chi connectivity index (χ2v) is 5.45.